The molecule has 0 amide bonds. The van der Waals surface area contributed by atoms with Crippen LogP contribution < -0.4 is 10.6 Å². The van der Waals surface area contributed by atoms with E-state index >= 15 is 0 Å². The van der Waals surface area contributed by atoms with Crippen LogP contribution in [0.25, 0.3) is 0 Å². The molecule has 2 N–H and O–H groups in total. The lowest BCUT2D eigenvalue weighted by molar-refractivity contribution is 0.791. The Hall–Kier alpha value is -1.63. The smallest absolute Gasteiger partial charge is 0.191 e. The second kappa shape index (κ2) is 10.2. The fourth-order valence-corrected chi connectivity index (χ4v) is 2.31. The number of aliphatic imine (C=N–C) groups is 1. The summed E-state index contributed by atoms with van der Waals surface area (Å²) in [6.45, 7) is 5.86. The van der Waals surface area contributed by atoms with Gasteiger partial charge < -0.3 is 10.6 Å². The molecule has 0 fully saturated rings. The molecule has 0 saturated carbocycles. The number of benzene rings is 1. The first-order valence-corrected chi connectivity index (χ1v) is 7.58. The Balaban J connectivity index is 0.00000264. The van der Waals surface area contributed by atoms with Gasteiger partial charge in [-0.25, -0.2) is 0 Å². The number of rotatable bonds is 5. The van der Waals surface area contributed by atoms with E-state index in [0.29, 0.717) is 0 Å². The van der Waals surface area contributed by atoms with Crippen molar-refractivity contribution >= 4 is 29.9 Å². The van der Waals surface area contributed by atoms with E-state index in [1.54, 1.807) is 13.2 Å². The predicted octanol–water partition coefficient (Wildman–Crippen LogP) is 3.22. The van der Waals surface area contributed by atoms with E-state index < -0.39 is 0 Å². The molecule has 1 aromatic carbocycles. The second-order valence-electron chi connectivity index (χ2n) is 5.39. The number of aromatic nitrogens is 1. The summed E-state index contributed by atoms with van der Waals surface area (Å²) in [6, 6.07) is 10.6. The van der Waals surface area contributed by atoms with Gasteiger partial charge >= 0.3 is 0 Å². The molecule has 5 heteroatoms. The van der Waals surface area contributed by atoms with Gasteiger partial charge in [0, 0.05) is 32.5 Å². The molecule has 0 spiro atoms. The van der Waals surface area contributed by atoms with Crippen molar-refractivity contribution in [1.82, 2.24) is 15.6 Å². The normalized spacial score (nSPS) is 10.8. The number of hydrogen-bond donors (Lipinski definition) is 2. The Bertz CT molecular complexity index is 626. The molecule has 0 aliphatic heterocycles. The molecule has 0 atom stereocenters. The Morgan fingerprint density at radius 2 is 2.00 bits per heavy atom. The summed E-state index contributed by atoms with van der Waals surface area (Å²) >= 11 is 0. The van der Waals surface area contributed by atoms with E-state index in [9.17, 15) is 0 Å². The molecule has 0 bridgehead atoms. The topological polar surface area (TPSA) is 49.3 Å². The molecule has 1 aromatic heterocycles. The number of aryl methyl sites for hydroxylation is 2. The van der Waals surface area contributed by atoms with E-state index in [0.717, 1.165) is 25.5 Å². The molecule has 0 saturated heterocycles. The Kier molecular flexibility index (Phi) is 8.61. The zero-order valence-corrected chi connectivity index (χ0v) is 16.3. The minimum atomic E-state index is 0. The van der Waals surface area contributed by atoms with Crippen LogP contribution in [0.15, 0.2) is 47.7 Å². The van der Waals surface area contributed by atoms with Crippen LogP contribution in [-0.2, 0) is 13.0 Å². The van der Waals surface area contributed by atoms with Crippen molar-refractivity contribution in [3.8, 4) is 0 Å². The van der Waals surface area contributed by atoms with Crippen molar-refractivity contribution in [2.45, 2.75) is 26.8 Å². The molecular weight excluding hydrogens is 399 g/mol. The van der Waals surface area contributed by atoms with Gasteiger partial charge in [-0.15, -0.1) is 24.0 Å². The number of hydrogen-bond acceptors (Lipinski definition) is 2. The predicted molar refractivity (Wildman–Crippen MR) is 107 cm³/mol. The Morgan fingerprint density at radius 1 is 1.17 bits per heavy atom. The number of nitrogens with zero attached hydrogens (tertiary/aromatic N) is 2. The van der Waals surface area contributed by atoms with Crippen LogP contribution in [0, 0.1) is 13.8 Å². The minimum Gasteiger partial charge on any atom is -0.356 e. The van der Waals surface area contributed by atoms with Crippen LogP contribution in [-0.4, -0.2) is 24.5 Å². The lowest BCUT2D eigenvalue weighted by atomic mass is 10.1. The number of pyridine rings is 1. The van der Waals surface area contributed by atoms with Gasteiger partial charge in [-0.2, -0.15) is 0 Å². The maximum atomic E-state index is 4.26. The van der Waals surface area contributed by atoms with E-state index in [1.165, 1.54) is 22.3 Å². The molecule has 0 aliphatic carbocycles. The molecule has 0 radical (unpaired) electrons. The van der Waals surface area contributed by atoms with E-state index in [-0.39, 0.29) is 24.0 Å². The van der Waals surface area contributed by atoms with Gasteiger partial charge in [-0.05, 0) is 43.0 Å². The minimum absolute atomic E-state index is 0. The van der Waals surface area contributed by atoms with Crippen LogP contribution in [0.4, 0.5) is 0 Å². The number of guanidine groups is 1. The van der Waals surface area contributed by atoms with Crippen molar-refractivity contribution < 1.29 is 0 Å². The average Bonchev–Trinajstić information content (AvgIpc) is 2.53. The molecule has 124 valence electrons. The number of nitrogens with one attached hydrogen (secondary N) is 2. The molecule has 0 unspecified atom stereocenters. The highest BCUT2D eigenvalue weighted by Crippen LogP contribution is 2.09. The first-order valence-electron chi connectivity index (χ1n) is 7.58. The van der Waals surface area contributed by atoms with Crippen molar-refractivity contribution in [3.05, 3.63) is 65.0 Å². The first kappa shape index (κ1) is 19.4. The van der Waals surface area contributed by atoms with Gasteiger partial charge in [0.1, 0.15) is 0 Å². The SMILES string of the molecule is CN=C(NCCc1cccnc1)NCc1ccc(C)cc1C.I. The van der Waals surface area contributed by atoms with Crippen molar-refractivity contribution in [1.29, 1.82) is 0 Å². The van der Waals surface area contributed by atoms with Crippen LogP contribution in [0.1, 0.15) is 22.3 Å². The summed E-state index contributed by atoms with van der Waals surface area (Å²) in [7, 11) is 1.79. The number of halogens is 1. The fourth-order valence-electron chi connectivity index (χ4n) is 2.31. The zero-order chi connectivity index (χ0) is 15.8. The molecule has 4 nitrogen and oxygen atoms in total. The second-order valence-corrected chi connectivity index (χ2v) is 5.39. The summed E-state index contributed by atoms with van der Waals surface area (Å²) in [5.74, 6) is 0.823. The largest absolute Gasteiger partial charge is 0.356 e. The highest BCUT2D eigenvalue weighted by molar-refractivity contribution is 14.0. The van der Waals surface area contributed by atoms with Gasteiger partial charge in [0.05, 0.1) is 0 Å². The summed E-state index contributed by atoms with van der Waals surface area (Å²) in [5.41, 5.74) is 5.11. The molecule has 2 aromatic rings. The standard InChI is InChI=1S/C18H24N4.HI/c1-14-6-7-17(15(2)11-14)13-22-18(19-3)21-10-8-16-5-4-9-20-12-16;/h4-7,9,11-12H,8,10,13H2,1-3H3,(H2,19,21,22);1H. The zero-order valence-electron chi connectivity index (χ0n) is 14.0. The Morgan fingerprint density at radius 3 is 2.65 bits per heavy atom. The van der Waals surface area contributed by atoms with Crippen molar-refractivity contribution in [3.63, 3.8) is 0 Å². The summed E-state index contributed by atoms with van der Waals surface area (Å²) in [4.78, 5) is 8.38. The van der Waals surface area contributed by atoms with Crippen molar-refractivity contribution in [2.24, 2.45) is 4.99 Å². The lowest BCUT2D eigenvalue weighted by Crippen LogP contribution is -2.38. The molecule has 23 heavy (non-hydrogen) atoms. The third kappa shape index (κ3) is 6.56. The van der Waals surface area contributed by atoms with Gasteiger partial charge in [-0.3, -0.25) is 9.98 Å². The molecule has 0 aliphatic rings. The van der Waals surface area contributed by atoms with Crippen LogP contribution in [0.2, 0.25) is 0 Å². The third-order valence-corrected chi connectivity index (χ3v) is 3.60. The monoisotopic (exact) mass is 424 g/mol. The van der Waals surface area contributed by atoms with Gasteiger partial charge in [0.15, 0.2) is 5.96 Å². The quantitative estimate of drug-likeness (QED) is 0.440. The van der Waals surface area contributed by atoms with Crippen LogP contribution in [0.3, 0.4) is 0 Å². The fraction of sp³-hybridized carbons (Fsp3) is 0.333. The van der Waals surface area contributed by atoms with E-state index in [4.69, 9.17) is 0 Å². The van der Waals surface area contributed by atoms with Crippen molar-refractivity contribution in [2.75, 3.05) is 13.6 Å². The van der Waals surface area contributed by atoms with Crippen LogP contribution >= 0.6 is 24.0 Å². The first-order chi connectivity index (χ1) is 10.7. The highest BCUT2D eigenvalue weighted by atomic mass is 127. The maximum absolute atomic E-state index is 4.26. The summed E-state index contributed by atoms with van der Waals surface area (Å²) < 4.78 is 0. The molecular formula is C18H25IN4. The Labute approximate surface area is 155 Å². The third-order valence-electron chi connectivity index (χ3n) is 3.60. The van der Waals surface area contributed by atoms with Gasteiger partial charge in [0.25, 0.3) is 0 Å². The van der Waals surface area contributed by atoms with Gasteiger partial charge in [0.2, 0.25) is 0 Å². The highest BCUT2D eigenvalue weighted by Gasteiger charge is 2.01. The molecule has 1 heterocycles. The van der Waals surface area contributed by atoms with E-state index in [1.807, 2.05) is 12.3 Å². The maximum Gasteiger partial charge on any atom is 0.191 e. The lowest BCUT2D eigenvalue weighted by Gasteiger charge is -2.13. The van der Waals surface area contributed by atoms with Crippen LogP contribution in [0.5, 0.6) is 0 Å². The summed E-state index contributed by atoms with van der Waals surface area (Å²) in [5, 5.41) is 6.69. The molecule has 2 rings (SSSR count). The average molecular weight is 424 g/mol. The van der Waals surface area contributed by atoms with E-state index in [2.05, 4.69) is 58.7 Å². The van der Waals surface area contributed by atoms with Gasteiger partial charge in [-0.1, -0.05) is 29.8 Å². The summed E-state index contributed by atoms with van der Waals surface area (Å²) in [6.07, 6.45) is 4.62.